The molecule has 0 aliphatic rings. The van der Waals surface area contributed by atoms with Gasteiger partial charge in [0.15, 0.2) is 11.5 Å². The zero-order valence-electron chi connectivity index (χ0n) is 9.64. The monoisotopic (exact) mass is 223 g/mol. The summed E-state index contributed by atoms with van der Waals surface area (Å²) in [6, 6.07) is 5.37. The van der Waals surface area contributed by atoms with Gasteiger partial charge in [-0.25, -0.2) is 0 Å². The fraction of sp³-hybridized carbons (Fsp3) is 0.417. The van der Waals surface area contributed by atoms with Gasteiger partial charge in [-0.3, -0.25) is 0 Å². The topological polar surface area (TPSA) is 51.0 Å². The number of rotatable bonds is 6. The molecule has 1 aromatic carbocycles. The van der Waals surface area contributed by atoms with Gasteiger partial charge in [-0.1, -0.05) is 18.5 Å². The van der Waals surface area contributed by atoms with Crippen molar-refractivity contribution in [3.63, 3.8) is 0 Å². The van der Waals surface area contributed by atoms with Gasteiger partial charge in [-0.15, -0.1) is 0 Å². The molecule has 4 nitrogen and oxygen atoms in total. The van der Waals surface area contributed by atoms with Crippen molar-refractivity contribution in [3.05, 3.63) is 23.8 Å². The Morgan fingerprint density at radius 1 is 1.38 bits per heavy atom. The highest BCUT2D eigenvalue weighted by Gasteiger charge is 2.04. The fourth-order valence-electron chi connectivity index (χ4n) is 1.28. The van der Waals surface area contributed by atoms with Crippen molar-refractivity contribution in [2.24, 2.45) is 5.16 Å². The summed E-state index contributed by atoms with van der Waals surface area (Å²) in [6.07, 6.45) is 3.44. The largest absolute Gasteiger partial charge is 0.493 e. The predicted octanol–water partition coefficient (Wildman–Crippen LogP) is 2.68. The van der Waals surface area contributed by atoms with Gasteiger partial charge < -0.3 is 14.7 Å². The second-order valence-corrected chi connectivity index (χ2v) is 3.36. The molecule has 0 bridgehead atoms. The number of hydrogen-bond donors (Lipinski definition) is 1. The average Bonchev–Trinajstić information content (AvgIpc) is 2.30. The Morgan fingerprint density at radius 3 is 2.81 bits per heavy atom. The summed E-state index contributed by atoms with van der Waals surface area (Å²) in [5.74, 6) is 1.36. The Kier molecular flexibility index (Phi) is 5.19. The highest BCUT2D eigenvalue weighted by Crippen LogP contribution is 2.27. The average molecular weight is 223 g/mol. The molecule has 0 atom stereocenters. The van der Waals surface area contributed by atoms with E-state index in [9.17, 15) is 0 Å². The maximum atomic E-state index is 8.45. The lowest BCUT2D eigenvalue weighted by Crippen LogP contribution is -1.99. The van der Waals surface area contributed by atoms with E-state index in [1.54, 1.807) is 25.3 Å². The van der Waals surface area contributed by atoms with Gasteiger partial charge in [0.05, 0.1) is 19.9 Å². The van der Waals surface area contributed by atoms with Gasteiger partial charge in [0.2, 0.25) is 0 Å². The molecule has 1 aromatic rings. The lowest BCUT2D eigenvalue weighted by Gasteiger charge is -2.10. The van der Waals surface area contributed by atoms with Crippen molar-refractivity contribution in [3.8, 4) is 11.5 Å². The molecule has 0 saturated heterocycles. The summed E-state index contributed by atoms with van der Waals surface area (Å²) in [6.45, 7) is 2.77. The third-order valence-corrected chi connectivity index (χ3v) is 2.15. The fourth-order valence-corrected chi connectivity index (χ4v) is 1.28. The molecule has 16 heavy (non-hydrogen) atoms. The molecular weight excluding hydrogens is 206 g/mol. The molecule has 0 fully saturated rings. The third-order valence-electron chi connectivity index (χ3n) is 2.15. The Bertz CT molecular complexity index is 350. The van der Waals surface area contributed by atoms with E-state index in [0.29, 0.717) is 18.1 Å². The first-order valence-corrected chi connectivity index (χ1v) is 5.30. The van der Waals surface area contributed by atoms with Crippen LogP contribution in [-0.2, 0) is 0 Å². The van der Waals surface area contributed by atoms with Crippen LogP contribution in [0.15, 0.2) is 23.4 Å². The van der Waals surface area contributed by atoms with E-state index >= 15 is 0 Å². The van der Waals surface area contributed by atoms with Crippen LogP contribution < -0.4 is 9.47 Å². The number of benzene rings is 1. The van der Waals surface area contributed by atoms with E-state index in [4.69, 9.17) is 14.7 Å². The van der Waals surface area contributed by atoms with Crippen LogP contribution in [0.5, 0.6) is 11.5 Å². The quantitative estimate of drug-likeness (QED) is 0.349. The second kappa shape index (κ2) is 6.71. The van der Waals surface area contributed by atoms with Crippen LogP contribution in [0.2, 0.25) is 0 Å². The van der Waals surface area contributed by atoms with Crippen LogP contribution in [0.4, 0.5) is 0 Å². The van der Waals surface area contributed by atoms with Crippen LogP contribution >= 0.6 is 0 Å². The van der Waals surface area contributed by atoms with Crippen molar-refractivity contribution in [2.45, 2.75) is 19.8 Å². The van der Waals surface area contributed by atoms with Crippen molar-refractivity contribution >= 4 is 6.21 Å². The summed E-state index contributed by atoms with van der Waals surface area (Å²) in [5, 5.41) is 11.4. The van der Waals surface area contributed by atoms with Gasteiger partial charge in [-0.2, -0.15) is 0 Å². The Hall–Kier alpha value is -1.71. The van der Waals surface area contributed by atoms with Gasteiger partial charge in [0, 0.05) is 5.56 Å². The minimum absolute atomic E-state index is 0.659. The summed E-state index contributed by atoms with van der Waals surface area (Å²) >= 11 is 0. The van der Waals surface area contributed by atoms with Crippen LogP contribution in [0.1, 0.15) is 25.3 Å². The number of methoxy groups -OCH3 is 1. The molecule has 0 aliphatic carbocycles. The highest BCUT2D eigenvalue weighted by molar-refractivity contribution is 5.80. The summed E-state index contributed by atoms with van der Waals surface area (Å²) < 4.78 is 10.8. The molecule has 0 saturated carbocycles. The zero-order valence-corrected chi connectivity index (χ0v) is 9.64. The van der Waals surface area contributed by atoms with Crippen LogP contribution in [0.3, 0.4) is 0 Å². The molecule has 0 aromatic heterocycles. The first kappa shape index (κ1) is 12.4. The maximum Gasteiger partial charge on any atom is 0.161 e. The molecule has 0 radical (unpaired) electrons. The number of oxime groups is 1. The molecule has 4 heteroatoms. The lowest BCUT2D eigenvalue weighted by molar-refractivity contribution is 0.288. The van der Waals surface area contributed by atoms with E-state index in [1.807, 2.05) is 0 Å². The SMILES string of the molecule is CCCCOc1cc(C=NO)ccc1OC. The highest BCUT2D eigenvalue weighted by atomic mass is 16.5. The molecule has 0 amide bonds. The molecule has 88 valence electrons. The van der Waals surface area contributed by atoms with Crippen molar-refractivity contribution in [1.29, 1.82) is 0 Å². The van der Waals surface area contributed by atoms with E-state index in [-0.39, 0.29) is 0 Å². The zero-order chi connectivity index (χ0) is 11.8. The standard InChI is InChI=1S/C12H17NO3/c1-3-4-7-16-12-8-10(9-13-14)5-6-11(12)15-2/h5-6,8-9,14H,3-4,7H2,1-2H3. The molecule has 0 aliphatic heterocycles. The normalized spacial score (nSPS) is 10.6. The Morgan fingerprint density at radius 2 is 2.19 bits per heavy atom. The third kappa shape index (κ3) is 3.46. The number of ether oxygens (including phenoxy) is 2. The molecule has 0 heterocycles. The molecule has 0 spiro atoms. The lowest BCUT2D eigenvalue weighted by atomic mass is 10.2. The molecule has 1 N–H and O–H groups in total. The number of unbranched alkanes of at least 4 members (excludes halogenated alkanes) is 1. The number of hydrogen-bond acceptors (Lipinski definition) is 4. The summed E-state index contributed by atoms with van der Waals surface area (Å²) in [5.41, 5.74) is 0.773. The Balaban J connectivity index is 2.80. The van der Waals surface area contributed by atoms with E-state index in [1.165, 1.54) is 6.21 Å². The first-order valence-electron chi connectivity index (χ1n) is 5.30. The van der Waals surface area contributed by atoms with Crippen molar-refractivity contribution < 1.29 is 14.7 Å². The molecular formula is C12H17NO3. The van der Waals surface area contributed by atoms with Crippen LogP contribution in [-0.4, -0.2) is 25.1 Å². The second-order valence-electron chi connectivity index (χ2n) is 3.36. The van der Waals surface area contributed by atoms with Gasteiger partial charge in [0.1, 0.15) is 0 Å². The summed E-state index contributed by atoms with van der Waals surface area (Å²) in [4.78, 5) is 0. The molecule has 1 rings (SSSR count). The minimum atomic E-state index is 0.659. The van der Waals surface area contributed by atoms with Crippen molar-refractivity contribution in [1.82, 2.24) is 0 Å². The van der Waals surface area contributed by atoms with E-state index < -0.39 is 0 Å². The first-order chi connectivity index (χ1) is 7.81. The Labute approximate surface area is 95.5 Å². The predicted molar refractivity (Wildman–Crippen MR) is 62.8 cm³/mol. The van der Waals surface area contributed by atoms with Crippen LogP contribution in [0.25, 0.3) is 0 Å². The molecule has 0 unspecified atom stereocenters. The number of nitrogens with zero attached hydrogens (tertiary/aromatic N) is 1. The van der Waals surface area contributed by atoms with Gasteiger partial charge >= 0.3 is 0 Å². The van der Waals surface area contributed by atoms with E-state index in [2.05, 4.69) is 12.1 Å². The maximum absolute atomic E-state index is 8.45. The minimum Gasteiger partial charge on any atom is -0.493 e. The van der Waals surface area contributed by atoms with Gasteiger partial charge in [0.25, 0.3) is 0 Å². The van der Waals surface area contributed by atoms with Crippen LogP contribution in [0, 0.1) is 0 Å². The van der Waals surface area contributed by atoms with Gasteiger partial charge in [-0.05, 0) is 24.6 Å². The summed E-state index contributed by atoms with van der Waals surface area (Å²) in [7, 11) is 1.60. The van der Waals surface area contributed by atoms with Crippen molar-refractivity contribution in [2.75, 3.05) is 13.7 Å². The smallest absolute Gasteiger partial charge is 0.161 e. The van der Waals surface area contributed by atoms with E-state index in [0.717, 1.165) is 18.4 Å².